The van der Waals surface area contributed by atoms with Gasteiger partial charge in [0.15, 0.2) is 11.9 Å². The molecular formula is C31H38N6O5. The fraction of sp³-hybridized carbons (Fsp3) is 0.419. The maximum Gasteiger partial charge on any atom is 0.435 e. The Morgan fingerprint density at radius 2 is 1.67 bits per heavy atom. The number of nitrogens with zero attached hydrogens (tertiary/aromatic N) is 5. The molecule has 2 aromatic carbocycles. The van der Waals surface area contributed by atoms with Crippen LogP contribution in [-0.2, 0) is 27.4 Å². The zero-order chi connectivity index (χ0) is 29.8. The summed E-state index contributed by atoms with van der Waals surface area (Å²) in [5.74, 6) is -0.381. The lowest BCUT2D eigenvalue weighted by Gasteiger charge is -2.34. The fourth-order valence-corrected chi connectivity index (χ4v) is 5.20. The molecule has 1 aromatic heterocycles. The molecule has 222 valence electrons. The van der Waals surface area contributed by atoms with Crippen molar-refractivity contribution in [2.24, 2.45) is 0 Å². The first-order valence-electron chi connectivity index (χ1n) is 14.3. The SMILES string of the molecule is CCC(C)OC(=O)n1nc(NC(=O)c2ccc(N3CCN(C)CC3)cc2)c2c1CN(C(=O)C(OC)c1ccccc1)C2. The highest BCUT2D eigenvalue weighted by molar-refractivity contribution is 6.04. The Bertz CT molecular complexity index is 1420. The summed E-state index contributed by atoms with van der Waals surface area (Å²) in [6.07, 6.45) is -1.14. The number of amides is 2. The van der Waals surface area contributed by atoms with Gasteiger partial charge in [0, 0.05) is 50.1 Å². The first kappa shape index (κ1) is 29.3. The summed E-state index contributed by atoms with van der Waals surface area (Å²) in [4.78, 5) is 46.1. The molecule has 3 aromatic rings. The Balaban J connectivity index is 1.36. The predicted octanol–water partition coefficient (Wildman–Crippen LogP) is 3.90. The van der Waals surface area contributed by atoms with Crippen molar-refractivity contribution >= 4 is 29.4 Å². The molecule has 42 heavy (non-hydrogen) atoms. The maximum absolute atomic E-state index is 13.5. The summed E-state index contributed by atoms with van der Waals surface area (Å²) in [5, 5.41) is 7.30. The molecule has 11 heteroatoms. The van der Waals surface area contributed by atoms with Gasteiger partial charge >= 0.3 is 6.09 Å². The number of rotatable bonds is 8. The monoisotopic (exact) mass is 574 g/mol. The number of hydrogen-bond donors (Lipinski definition) is 1. The largest absolute Gasteiger partial charge is 0.445 e. The molecule has 2 unspecified atom stereocenters. The number of hydrogen-bond acceptors (Lipinski definition) is 8. The molecular weight excluding hydrogens is 536 g/mol. The molecule has 0 aliphatic carbocycles. The summed E-state index contributed by atoms with van der Waals surface area (Å²) in [6, 6.07) is 16.7. The lowest BCUT2D eigenvalue weighted by atomic mass is 10.1. The number of likely N-dealkylation sites (N-methyl/N-ethyl adjacent to an activating group) is 1. The lowest BCUT2D eigenvalue weighted by molar-refractivity contribution is -0.143. The Morgan fingerprint density at radius 3 is 2.31 bits per heavy atom. The minimum Gasteiger partial charge on any atom is -0.445 e. The van der Waals surface area contributed by atoms with Crippen LogP contribution in [0.15, 0.2) is 54.6 Å². The van der Waals surface area contributed by atoms with Crippen molar-refractivity contribution in [1.82, 2.24) is 19.6 Å². The highest BCUT2D eigenvalue weighted by Crippen LogP contribution is 2.33. The second-order valence-corrected chi connectivity index (χ2v) is 10.8. The number of methoxy groups -OCH3 is 1. The van der Waals surface area contributed by atoms with Gasteiger partial charge in [0.05, 0.1) is 18.8 Å². The fourth-order valence-electron chi connectivity index (χ4n) is 5.20. The normalized spacial score (nSPS) is 16.6. The van der Waals surface area contributed by atoms with Gasteiger partial charge in [-0.1, -0.05) is 37.3 Å². The molecule has 0 bridgehead atoms. The van der Waals surface area contributed by atoms with Crippen molar-refractivity contribution in [3.63, 3.8) is 0 Å². The second kappa shape index (κ2) is 12.7. The molecule has 1 fully saturated rings. The van der Waals surface area contributed by atoms with Crippen LogP contribution in [0, 0.1) is 0 Å². The van der Waals surface area contributed by atoms with Crippen LogP contribution < -0.4 is 10.2 Å². The van der Waals surface area contributed by atoms with E-state index in [1.165, 1.54) is 7.11 Å². The first-order chi connectivity index (χ1) is 20.3. The third kappa shape index (κ3) is 6.17. The number of piperazine rings is 1. The molecule has 2 aliphatic rings. The van der Waals surface area contributed by atoms with E-state index < -0.39 is 12.2 Å². The molecule has 11 nitrogen and oxygen atoms in total. The highest BCUT2D eigenvalue weighted by Gasteiger charge is 2.37. The Morgan fingerprint density at radius 1 is 0.976 bits per heavy atom. The van der Waals surface area contributed by atoms with Crippen molar-refractivity contribution in [1.29, 1.82) is 0 Å². The second-order valence-electron chi connectivity index (χ2n) is 10.8. The lowest BCUT2D eigenvalue weighted by Crippen LogP contribution is -2.44. The number of carbonyl (C=O) groups is 3. The summed E-state index contributed by atoms with van der Waals surface area (Å²) in [7, 11) is 3.60. The van der Waals surface area contributed by atoms with Crippen molar-refractivity contribution in [3.05, 3.63) is 77.0 Å². The van der Waals surface area contributed by atoms with Crippen molar-refractivity contribution in [3.8, 4) is 0 Å². The van der Waals surface area contributed by atoms with Gasteiger partial charge in [0.1, 0.15) is 6.10 Å². The van der Waals surface area contributed by atoms with Crippen molar-refractivity contribution in [2.75, 3.05) is 50.6 Å². The Kier molecular flexibility index (Phi) is 8.89. The van der Waals surface area contributed by atoms with Crippen LogP contribution in [0.4, 0.5) is 16.3 Å². The number of ether oxygens (including phenoxy) is 2. The minimum absolute atomic E-state index is 0.124. The number of anilines is 2. The molecule has 0 saturated carbocycles. The van der Waals surface area contributed by atoms with Crippen LogP contribution in [-0.4, -0.2) is 83.9 Å². The number of benzene rings is 2. The molecule has 2 aliphatic heterocycles. The summed E-state index contributed by atoms with van der Waals surface area (Å²) in [6.45, 7) is 7.85. The van der Waals surface area contributed by atoms with Gasteiger partial charge in [-0.05, 0) is 50.2 Å². The quantitative estimate of drug-likeness (QED) is 0.432. The van der Waals surface area contributed by atoms with E-state index in [-0.39, 0.29) is 36.8 Å². The zero-order valence-electron chi connectivity index (χ0n) is 24.6. The van der Waals surface area contributed by atoms with E-state index in [2.05, 4.69) is 27.3 Å². The van der Waals surface area contributed by atoms with Crippen LogP contribution in [0.1, 0.15) is 53.6 Å². The van der Waals surface area contributed by atoms with Gasteiger partial charge in [0.2, 0.25) is 0 Å². The number of carbonyl (C=O) groups excluding carboxylic acids is 3. The standard InChI is InChI=1S/C31H38N6O5/c1-5-21(2)42-31(40)37-26-20-36(30(39)27(41-4)22-9-7-6-8-10-22)19-25(26)28(33-37)32-29(38)23-11-13-24(14-12-23)35-17-15-34(3)16-18-35/h6-14,21,27H,5,15-20H2,1-4H3,(H,32,33,38). The molecule has 0 radical (unpaired) electrons. The van der Waals surface area contributed by atoms with Gasteiger partial charge in [-0.15, -0.1) is 5.10 Å². The third-order valence-electron chi connectivity index (χ3n) is 7.93. The Hall–Kier alpha value is -4.22. The van der Waals surface area contributed by atoms with Gasteiger partial charge in [-0.3, -0.25) is 9.59 Å². The predicted molar refractivity (Wildman–Crippen MR) is 158 cm³/mol. The number of aromatic nitrogens is 2. The molecule has 1 N–H and O–H groups in total. The van der Waals surface area contributed by atoms with E-state index in [0.717, 1.165) is 42.1 Å². The average molecular weight is 575 g/mol. The van der Waals surface area contributed by atoms with Gasteiger partial charge in [-0.25, -0.2) is 4.79 Å². The molecule has 2 atom stereocenters. The summed E-state index contributed by atoms with van der Waals surface area (Å²) >= 11 is 0. The van der Waals surface area contributed by atoms with E-state index in [1.807, 2.05) is 49.4 Å². The van der Waals surface area contributed by atoms with Gasteiger partial charge < -0.3 is 29.5 Å². The zero-order valence-corrected chi connectivity index (χ0v) is 24.6. The van der Waals surface area contributed by atoms with Crippen LogP contribution in [0.5, 0.6) is 0 Å². The number of fused-ring (bicyclic) bond motifs is 1. The van der Waals surface area contributed by atoms with Crippen LogP contribution in [0.2, 0.25) is 0 Å². The molecule has 2 amide bonds. The topological polar surface area (TPSA) is 109 Å². The van der Waals surface area contributed by atoms with Crippen molar-refractivity contribution < 1.29 is 23.9 Å². The Labute approximate surface area is 246 Å². The first-order valence-corrected chi connectivity index (χ1v) is 14.3. The third-order valence-corrected chi connectivity index (χ3v) is 7.93. The van der Waals surface area contributed by atoms with E-state index in [1.54, 1.807) is 24.0 Å². The highest BCUT2D eigenvalue weighted by atomic mass is 16.6. The smallest absolute Gasteiger partial charge is 0.435 e. The number of nitrogens with one attached hydrogen (secondary N) is 1. The summed E-state index contributed by atoms with van der Waals surface area (Å²) < 4.78 is 12.3. The maximum atomic E-state index is 13.5. The van der Waals surface area contributed by atoms with Crippen molar-refractivity contribution in [2.45, 2.75) is 45.6 Å². The molecule has 0 spiro atoms. The molecule has 5 rings (SSSR count). The molecule has 3 heterocycles. The van der Waals surface area contributed by atoms with E-state index in [4.69, 9.17) is 9.47 Å². The summed E-state index contributed by atoms with van der Waals surface area (Å²) in [5.41, 5.74) is 3.35. The van der Waals surface area contributed by atoms with Gasteiger partial charge in [-0.2, -0.15) is 4.68 Å². The molecule has 1 saturated heterocycles. The van der Waals surface area contributed by atoms with Crippen LogP contribution >= 0.6 is 0 Å². The van der Waals surface area contributed by atoms with E-state index >= 15 is 0 Å². The minimum atomic E-state index is -0.805. The average Bonchev–Trinajstić information content (AvgIpc) is 3.59. The van der Waals surface area contributed by atoms with Crippen LogP contribution in [0.3, 0.4) is 0 Å². The van der Waals surface area contributed by atoms with E-state index in [0.29, 0.717) is 23.2 Å². The van der Waals surface area contributed by atoms with E-state index in [9.17, 15) is 14.4 Å². The van der Waals surface area contributed by atoms with Crippen LogP contribution in [0.25, 0.3) is 0 Å². The van der Waals surface area contributed by atoms with Gasteiger partial charge in [0.25, 0.3) is 11.8 Å².